The second kappa shape index (κ2) is 2.44. The lowest BCUT2D eigenvalue weighted by atomic mass is 9.99. The van der Waals surface area contributed by atoms with Gasteiger partial charge in [0.2, 0.25) is 0 Å². The van der Waals surface area contributed by atoms with Crippen LogP contribution in [0.25, 0.3) is 6.08 Å². The van der Waals surface area contributed by atoms with Crippen LogP contribution in [0.3, 0.4) is 0 Å². The first kappa shape index (κ1) is 7.31. The molecule has 0 bridgehead atoms. The van der Waals surface area contributed by atoms with Crippen LogP contribution < -0.4 is 10.6 Å². The van der Waals surface area contributed by atoms with Gasteiger partial charge in [-0.05, 0) is 30.2 Å². The fourth-order valence-corrected chi connectivity index (χ4v) is 2.52. The monoisotopic (exact) mass is 171 g/mol. The Balaban J connectivity index is 2.22. The maximum absolute atomic E-state index is 4.83. The molecule has 13 heavy (non-hydrogen) atoms. The molecular weight excluding hydrogens is 158 g/mol. The van der Waals surface area contributed by atoms with Crippen molar-refractivity contribution in [3.8, 4) is 0 Å². The molecule has 1 aliphatic heterocycles. The molecular formula is C12H13N. The second-order valence-corrected chi connectivity index (χ2v) is 4.13. The lowest BCUT2D eigenvalue weighted by molar-refractivity contribution is 0.583. The van der Waals surface area contributed by atoms with Crippen LogP contribution in [0, 0.1) is 0 Å². The summed E-state index contributed by atoms with van der Waals surface area (Å²) in [6.07, 6.45) is 7.56. The van der Waals surface area contributed by atoms with E-state index in [4.69, 9.17) is 4.99 Å². The zero-order chi connectivity index (χ0) is 8.73. The third-order valence-corrected chi connectivity index (χ3v) is 3.17. The summed E-state index contributed by atoms with van der Waals surface area (Å²) in [7, 11) is 0. The summed E-state index contributed by atoms with van der Waals surface area (Å²) in [5, 5.41) is 2.54. The molecule has 1 fully saturated rings. The van der Waals surface area contributed by atoms with Crippen LogP contribution in [0.15, 0.2) is 29.3 Å². The molecule has 66 valence electrons. The lowest BCUT2D eigenvalue weighted by Crippen LogP contribution is -2.19. The van der Waals surface area contributed by atoms with Gasteiger partial charge in [0.05, 0.1) is 10.9 Å². The van der Waals surface area contributed by atoms with Crippen LogP contribution in [0.1, 0.15) is 25.7 Å². The molecule has 1 saturated carbocycles. The maximum atomic E-state index is 4.83. The Labute approximate surface area is 77.8 Å². The van der Waals surface area contributed by atoms with Crippen molar-refractivity contribution in [1.82, 2.24) is 0 Å². The van der Waals surface area contributed by atoms with E-state index >= 15 is 0 Å². The number of para-hydroxylation sites is 1. The van der Waals surface area contributed by atoms with Crippen LogP contribution in [0.5, 0.6) is 0 Å². The van der Waals surface area contributed by atoms with Gasteiger partial charge in [-0.1, -0.05) is 31.0 Å². The molecule has 1 nitrogen and oxygen atoms in total. The summed E-state index contributed by atoms with van der Waals surface area (Å²) in [4.78, 5) is 4.83. The quantitative estimate of drug-likeness (QED) is 0.559. The van der Waals surface area contributed by atoms with E-state index in [1.807, 2.05) is 0 Å². The smallest absolute Gasteiger partial charge is 0.0804 e. The first-order chi connectivity index (χ1) is 6.38. The Hall–Kier alpha value is -1.11. The average molecular weight is 171 g/mol. The largest absolute Gasteiger partial charge is 0.274 e. The zero-order valence-corrected chi connectivity index (χ0v) is 7.66. The number of fused-ring (bicyclic) bond motifs is 1. The molecule has 3 rings (SSSR count). The molecule has 0 N–H and O–H groups in total. The highest BCUT2D eigenvalue weighted by molar-refractivity contribution is 5.42. The summed E-state index contributed by atoms with van der Waals surface area (Å²) in [5.74, 6) is 0. The van der Waals surface area contributed by atoms with Gasteiger partial charge in [-0.25, -0.2) is 0 Å². The summed E-state index contributed by atoms with van der Waals surface area (Å²) in [5.41, 5.74) is 0.198. The van der Waals surface area contributed by atoms with Gasteiger partial charge in [0.15, 0.2) is 0 Å². The number of hydrogen-bond acceptors (Lipinski definition) is 1. The highest BCUT2D eigenvalue weighted by Gasteiger charge is 2.32. The van der Waals surface area contributed by atoms with Crippen molar-refractivity contribution in [3.63, 3.8) is 0 Å². The van der Waals surface area contributed by atoms with Gasteiger partial charge in [0.1, 0.15) is 0 Å². The highest BCUT2D eigenvalue weighted by Crippen LogP contribution is 2.35. The summed E-state index contributed by atoms with van der Waals surface area (Å²) >= 11 is 0. The maximum Gasteiger partial charge on any atom is 0.0804 e. The predicted molar refractivity (Wildman–Crippen MR) is 52.9 cm³/mol. The van der Waals surface area contributed by atoms with Crippen molar-refractivity contribution < 1.29 is 0 Å². The topological polar surface area (TPSA) is 12.4 Å². The van der Waals surface area contributed by atoms with E-state index in [9.17, 15) is 0 Å². The van der Waals surface area contributed by atoms with Gasteiger partial charge in [-0.2, -0.15) is 0 Å². The highest BCUT2D eigenvalue weighted by atomic mass is 14.9. The van der Waals surface area contributed by atoms with Crippen molar-refractivity contribution in [2.24, 2.45) is 4.99 Å². The van der Waals surface area contributed by atoms with E-state index in [0.29, 0.717) is 0 Å². The summed E-state index contributed by atoms with van der Waals surface area (Å²) < 4.78 is 0. The van der Waals surface area contributed by atoms with E-state index in [1.54, 1.807) is 0 Å². The number of hydrogen-bond donors (Lipinski definition) is 0. The Morgan fingerprint density at radius 1 is 1.08 bits per heavy atom. The van der Waals surface area contributed by atoms with E-state index in [1.165, 1.54) is 36.3 Å². The van der Waals surface area contributed by atoms with E-state index < -0.39 is 0 Å². The van der Waals surface area contributed by atoms with Crippen molar-refractivity contribution in [1.29, 1.82) is 0 Å². The first-order valence-corrected chi connectivity index (χ1v) is 5.06. The van der Waals surface area contributed by atoms with Crippen LogP contribution in [0.4, 0.5) is 0 Å². The number of nitrogens with zero attached hydrogens (tertiary/aromatic N) is 1. The first-order valence-electron chi connectivity index (χ1n) is 5.06. The minimum Gasteiger partial charge on any atom is -0.274 e. The molecule has 0 atom stereocenters. The van der Waals surface area contributed by atoms with Crippen LogP contribution in [-0.4, -0.2) is 5.54 Å². The second-order valence-electron chi connectivity index (χ2n) is 4.13. The summed E-state index contributed by atoms with van der Waals surface area (Å²) in [6.45, 7) is 0. The summed E-state index contributed by atoms with van der Waals surface area (Å²) in [6, 6.07) is 8.47. The van der Waals surface area contributed by atoms with Crippen molar-refractivity contribution >= 4 is 6.08 Å². The van der Waals surface area contributed by atoms with Crippen LogP contribution >= 0.6 is 0 Å². The average Bonchev–Trinajstić information content (AvgIpc) is 2.72. The third kappa shape index (κ3) is 1.03. The predicted octanol–water partition coefficient (Wildman–Crippen LogP) is 1.41. The molecule has 0 unspecified atom stereocenters. The fraction of sp³-hybridized carbons (Fsp3) is 0.417. The van der Waals surface area contributed by atoms with Crippen LogP contribution in [-0.2, 0) is 0 Å². The molecule has 1 aromatic carbocycles. The standard InChI is InChI=1S/C12H13N/c1-2-6-11-10(5-1)9-12(13-11)7-3-4-8-12/h1-2,5-6,9H,3-4,7-8H2. The molecule has 1 spiro atoms. The van der Waals surface area contributed by atoms with Gasteiger partial charge in [-0.3, -0.25) is 4.99 Å². The van der Waals surface area contributed by atoms with Crippen molar-refractivity contribution in [3.05, 3.63) is 34.8 Å². The number of benzene rings is 1. The molecule has 0 radical (unpaired) electrons. The normalized spacial score (nSPS) is 22.5. The van der Waals surface area contributed by atoms with Gasteiger partial charge in [0, 0.05) is 0 Å². The van der Waals surface area contributed by atoms with E-state index in [2.05, 4.69) is 30.3 Å². The molecule has 1 aromatic rings. The Morgan fingerprint density at radius 3 is 2.62 bits per heavy atom. The SMILES string of the molecule is C1=c2ccccc2=NC12CCCC2. The Morgan fingerprint density at radius 2 is 1.85 bits per heavy atom. The molecule has 0 amide bonds. The van der Waals surface area contributed by atoms with Gasteiger partial charge >= 0.3 is 0 Å². The molecule has 1 heterocycles. The molecule has 0 aromatic heterocycles. The zero-order valence-electron chi connectivity index (χ0n) is 7.66. The third-order valence-electron chi connectivity index (χ3n) is 3.17. The minimum absolute atomic E-state index is 0.198. The number of rotatable bonds is 0. The van der Waals surface area contributed by atoms with Crippen molar-refractivity contribution in [2.45, 2.75) is 31.2 Å². The fourth-order valence-electron chi connectivity index (χ4n) is 2.52. The molecule has 0 saturated heterocycles. The minimum atomic E-state index is 0.198. The van der Waals surface area contributed by atoms with E-state index in [0.717, 1.165) is 0 Å². The van der Waals surface area contributed by atoms with Gasteiger partial charge < -0.3 is 0 Å². The Kier molecular flexibility index (Phi) is 1.37. The Bertz CT molecular complexity index is 401. The molecule has 2 aliphatic rings. The van der Waals surface area contributed by atoms with Gasteiger partial charge in [0.25, 0.3) is 0 Å². The lowest BCUT2D eigenvalue weighted by Gasteiger charge is -2.15. The van der Waals surface area contributed by atoms with Crippen molar-refractivity contribution in [2.75, 3.05) is 0 Å². The van der Waals surface area contributed by atoms with Crippen LogP contribution in [0.2, 0.25) is 0 Å². The molecule has 1 heteroatoms. The van der Waals surface area contributed by atoms with Gasteiger partial charge in [-0.15, -0.1) is 0 Å². The van der Waals surface area contributed by atoms with E-state index in [-0.39, 0.29) is 5.54 Å². The molecule has 1 aliphatic carbocycles.